The van der Waals surface area contributed by atoms with Crippen LogP contribution in [-0.2, 0) is 6.54 Å². The number of nitrogens with one attached hydrogen (secondary N) is 1. The summed E-state index contributed by atoms with van der Waals surface area (Å²) in [5.74, 6) is 1.12. The summed E-state index contributed by atoms with van der Waals surface area (Å²) in [6, 6.07) is 2.14. The molecule has 0 bridgehead atoms. The number of aliphatic imine (C=N–C) groups is 1. The Bertz CT molecular complexity index is 583. The van der Waals surface area contributed by atoms with Gasteiger partial charge in [0, 0.05) is 38.4 Å². The molecule has 0 amide bonds. The number of hydrogen-bond acceptors (Lipinski definition) is 2. The van der Waals surface area contributed by atoms with Gasteiger partial charge in [0.05, 0.1) is 5.69 Å². The zero-order valence-corrected chi connectivity index (χ0v) is 16.4. The van der Waals surface area contributed by atoms with Gasteiger partial charge in [0.25, 0.3) is 0 Å². The Hall–Kier alpha value is -1.52. The molecule has 5 heteroatoms. The van der Waals surface area contributed by atoms with E-state index in [1.807, 2.05) is 0 Å². The van der Waals surface area contributed by atoms with Gasteiger partial charge in [-0.05, 0) is 57.9 Å². The predicted octanol–water partition coefficient (Wildman–Crippen LogP) is 3.51. The molecular formula is C20H35N5. The Labute approximate surface area is 152 Å². The summed E-state index contributed by atoms with van der Waals surface area (Å²) in [7, 11) is 0. The zero-order valence-electron chi connectivity index (χ0n) is 16.4. The number of guanidine groups is 1. The first-order chi connectivity index (χ1) is 12.1. The first kappa shape index (κ1) is 18.3. The monoisotopic (exact) mass is 345 g/mol. The number of hydrogen-bond donors (Lipinski definition) is 1. The lowest BCUT2D eigenvalue weighted by Gasteiger charge is -2.33. The molecule has 0 aromatic carbocycles. The largest absolute Gasteiger partial charge is 0.357 e. The Morgan fingerprint density at radius 3 is 2.72 bits per heavy atom. The molecule has 1 saturated heterocycles. The van der Waals surface area contributed by atoms with E-state index in [-0.39, 0.29) is 0 Å². The molecule has 0 atom stereocenters. The minimum Gasteiger partial charge on any atom is -0.357 e. The maximum Gasteiger partial charge on any atom is 0.193 e. The molecule has 1 aliphatic carbocycles. The smallest absolute Gasteiger partial charge is 0.193 e. The van der Waals surface area contributed by atoms with Gasteiger partial charge in [-0.3, -0.25) is 9.67 Å². The molecule has 1 N–H and O–H groups in total. The number of nitrogens with zero attached hydrogens (tertiary/aromatic N) is 4. The van der Waals surface area contributed by atoms with Crippen LogP contribution in [0.3, 0.4) is 0 Å². The summed E-state index contributed by atoms with van der Waals surface area (Å²) in [6.45, 7) is 11.5. The van der Waals surface area contributed by atoms with E-state index in [0.29, 0.717) is 5.41 Å². The normalized spacial score (nSPS) is 20.4. The first-order valence-electron chi connectivity index (χ1n) is 10.2. The molecular weight excluding hydrogens is 310 g/mol. The van der Waals surface area contributed by atoms with E-state index < -0.39 is 0 Å². The number of aromatic nitrogens is 2. The highest BCUT2D eigenvalue weighted by Crippen LogP contribution is 2.43. The summed E-state index contributed by atoms with van der Waals surface area (Å²) in [4.78, 5) is 7.43. The maximum absolute atomic E-state index is 4.92. The topological polar surface area (TPSA) is 45.5 Å². The van der Waals surface area contributed by atoms with Crippen molar-refractivity contribution < 1.29 is 0 Å². The number of likely N-dealkylation sites (tertiary alicyclic amines) is 1. The van der Waals surface area contributed by atoms with E-state index in [2.05, 4.69) is 46.8 Å². The van der Waals surface area contributed by atoms with Crippen LogP contribution in [0.4, 0.5) is 0 Å². The van der Waals surface area contributed by atoms with E-state index in [1.54, 1.807) is 0 Å². The summed E-state index contributed by atoms with van der Waals surface area (Å²) < 4.78 is 2.10. The average molecular weight is 346 g/mol. The van der Waals surface area contributed by atoms with E-state index in [1.165, 1.54) is 57.3 Å². The highest BCUT2D eigenvalue weighted by molar-refractivity contribution is 5.80. The van der Waals surface area contributed by atoms with Crippen molar-refractivity contribution in [3.63, 3.8) is 0 Å². The quantitative estimate of drug-likeness (QED) is 0.505. The second-order valence-electron chi connectivity index (χ2n) is 7.97. The predicted molar refractivity (Wildman–Crippen MR) is 104 cm³/mol. The Kier molecular flexibility index (Phi) is 6.02. The van der Waals surface area contributed by atoms with Crippen molar-refractivity contribution in [2.45, 2.75) is 72.3 Å². The third-order valence-electron chi connectivity index (χ3n) is 5.88. The van der Waals surface area contributed by atoms with Crippen LogP contribution < -0.4 is 5.32 Å². The van der Waals surface area contributed by atoms with Crippen LogP contribution >= 0.6 is 0 Å². The molecule has 0 radical (unpaired) electrons. The van der Waals surface area contributed by atoms with E-state index in [0.717, 1.165) is 37.7 Å². The van der Waals surface area contributed by atoms with Crippen LogP contribution in [0.25, 0.3) is 0 Å². The third kappa shape index (κ3) is 4.56. The standard InChI is InChI=1S/C20H35N5/c1-4-21-19(22-12-8-13-25-18(3)15-17(2)23-25)24-14-11-20(16-24)9-6-5-7-10-20/h15H,4-14,16H2,1-3H3,(H,21,22). The van der Waals surface area contributed by atoms with Crippen molar-refractivity contribution in [2.24, 2.45) is 10.4 Å². The van der Waals surface area contributed by atoms with E-state index >= 15 is 0 Å². The molecule has 1 spiro atoms. The molecule has 1 aliphatic heterocycles. The minimum atomic E-state index is 0.581. The van der Waals surface area contributed by atoms with Gasteiger partial charge in [0.15, 0.2) is 5.96 Å². The fourth-order valence-corrected chi connectivity index (χ4v) is 4.56. The second kappa shape index (κ2) is 8.24. The molecule has 2 fully saturated rings. The van der Waals surface area contributed by atoms with Gasteiger partial charge in [-0.2, -0.15) is 5.10 Å². The van der Waals surface area contributed by atoms with Crippen LogP contribution in [0.5, 0.6) is 0 Å². The van der Waals surface area contributed by atoms with Gasteiger partial charge in [0.1, 0.15) is 0 Å². The van der Waals surface area contributed by atoms with Gasteiger partial charge < -0.3 is 10.2 Å². The average Bonchev–Trinajstić information content (AvgIpc) is 3.14. The van der Waals surface area contributed by atoms with Crippen molar-refractivity contribution >= 4 is 5.96 Å². The molecule has 3 rings (SSSR count). The van der Waals surface area contributed by atoms with Crippen LogP contribution in [0.15, 0.2) is 11.1 Å². The fraction of sp³-hybridized carbons (Fsp3) is 0.800. The lowest BCUT2D eigenvalue weighted by Crippen LogP contribution is -2.41. The molecule has 25 heavy (non-hydrogen) atoms. The molecule has 0 unspecified atom stereocenters. The lowest BCUT2D eigenvalue weighted by molar-refractivity contribution is 0.203. The van der Waals surface area contributed by atoms with Crippen molar-refractivity contribution in [2.75, 3.05) is 26.2 Å². The molecule has 1 aromatic heterocycles. The molecule has 140 valence electrons. The fourth-order valence-electron chi connectivity index (χ4n) is 4.56. The van der Waals surface area contributed by atoms with E-state index in [9.17, 15) is 0 Å². The van der Waals surface area contributed by atoms with Crippen LogP contribution in [0.1, 0.15) is 63.3 Å². The SMILES string of the molecule is CCNC(=NCCCn1nc(C)cc1C)N1CCC2(CCCCC2)C1. The summed E-state index contributed by atoms with van der Waals surface area (Å²) in [5, 5.41) is 8.05. The van der Waals surface area contributed by atoms with Crippen LogP contribution in [-0.4, -0.2) is 46.8 Å². The van der Waals surface area contributed by atoms with Crippen LogP contribution in [0.2, 0.25) is 0 Å². The summed E-state index contributed by atoms with van der Waals surface area (Å²) in [6.07, 6.45) is 9.50. The maximum atomic E-state index is 4.92. The summed E-state index contributed by atoms with van der Waals surface area (Å²) >= 11 is 0. The highest BCUT2D eigenvalue weighted by Gasteiger charge is 2.39. The molecule has 1 saturated carbocycles. The lowest BCUT2D eigenvalue weighted by atomic mass is 9.73. The Morgan fingerprint density at radius 1 is 1.24 bits per heavy atom. The highest BCUT2D eigenvalue weighted by atomic mass is 15.3. The van der Waals surface area contributed by atoms with Crippen LogP contribution in [0, 0.1) is 19.3 Å². The number of aryl methyl sites for hydroxylation is 3. The Balaban J connectivity index is 1.53. The summed E-state index contributed by atoms with van der Waals surface area (Å²) in [5.41, 5.74) is 2.93. The first-order valence-corrected chi connectivity index (χ1v) is 10.2. The molecule has 2 aliphatic rings. The Morgan fingerprint density at radius 2 is 2.04 bits per heavy atom. The van der Waals surface area contributed by atoms with Crippen molar-refractivity contribution in [1.29, 1.82) is 0 Å². The van der Waals surface area contributed by atoms with Crippen molar-refractivity contribution in [3.8, 4) is 0 Å². The second-order valence-corrected chi connectivity index (χ2v) is 7.97. The van der Waals surface area contributed by atoms with Gasteiger partial charge >= 0.3 is 0 Å². The van der Waals surface area contributed by atoms with Crippen molar-refractivity contribution in [3.05, 3.63) is 17.5 Å². The molecule has 1 aromatic rings. The van der Waals surface area contributed by atoms with Gasteiger partial charge in [-0.25, -0.2) is 0 Å². The molecule has 5 nitrogen and oxygen atoms in total. The zero-order chi connectivity index (χ0) is 17.7. The molecule has 2 heterocycles. The number of rotatable bonds is 5. The van der Waals surface area contributed by atoms with E-state index in [4.69, 9.17) is 4.99 Å². The van der Waals surface area contributed by atoms with Crippen molar-refractivity contribution in [1.82, 2.24) is 20.0 Å². The van der Waals surface area contributed by atoms with Gasteiger partial charge in [0.2, 0.25) is 0 Å². The van der Waals surface area contributed by atoms with Gasteiger partial charge in [-0.1, -0.05) is 19.3 Å². The van der Waals surface area contributed by atoms with Gasteiger partial charge in [-0.15, -0.1) is 0 Å². The third-order valence-corrected chi connectivity index (χ3v) is 5.88. The minimum absolute atomic E-state index is 0.581.